The van der Waals surface area contributed by atoms with E-state index in [2.05, 4.69) is 20.9 Å². The number of benzene rings is 1. The van der Waals surface area contributed by atoms with Crippen molar-refractivity contribution in [2.45, 2.75) is 58.0 Å². The Labute approximate surface area is 197 Å². The number of aromatic nitrogens is 1. The van der Waals surface area contributed by atoms with Crippen LogP contribution >= 0.6 is 11.6 Å². The molecule has 0 radical (unpaired) electrons. The van der Waals surface area contributed by atoms with E-state index < -0.39 is 5.82 Å². The molecule has 4 rings (SSSR count). The van der Waals surface area contributed by atoms with E-state index >= 15 is 0 Å². The minimum Gasteiger partial charge on any atom is -0.489 e. The normalized spacial score (nSPS) is 21.9. The van der Waals surface area contributed by atoms with E-state index in [1.54, 1.807) is 6.07 Å². The lowest BCUT2D eigenvalue weighted by atomic mass is 9.85. The summed E-state index contributed by atoms with van der Waals surface area (Å²) in [5, 5.41) is 9.39. The average molecular weight is 475 g/mol. The second-order valence-electron chi connectivity index (χ2n) is 8.71. The number of fused-ring (bicyclic) bond motifs is 1. The predicted octanol–water partition coefficient (Wildman–Crippen LogP) is 4.76. The van der Waals surface area contributed by atoms with E-state index in [1.807, 2.05) is 13.8 Å². The summed E-state index contributed by atoms with van der Waals surface area (Å²) < 4.78 is 20.2. The largest absolute Gasteiger partial charge is 0.489 e. The fraction of sp³-hybridized carbons (Fsp3) is 0.458. The highest BCUT2D eigenvalue weighted by atomic mass is 35.5. The van der Waals surface area contributed by atoms with Gasteiger partial charge in [0.1, 0.15) is 18.2 Å². The topological polar surface area (TPSA) is 92.4 Å². The van der Waals surface area contributed by atoms with Gasteiger partial charge in [-0.2, -0.15) is 0 Å². The van der Waals surface area contributed by atoms with Crippen LogP contribution in [0.25, 0.3) is 11.1 Å². The average Bonchev–Trinajstić information content (AvgIpc) is 2.79. The van der Waals surface area contributed by atoms with E-state index in [1.165, 1.54) is 18.3 Å². The van der Waals surface area contributed by atoms with Gasteiger partial charge in [0.15, 0.2) is 5.75 Å². The molecule has 1 fully saturated rings. The van der Waals surface area contributed by atoms with Crippen molar-refractivity contribution >= 4 is 34.9 Å². The maximum Gasteiger partial charge on any atom is 0.228 e. The highest BCUT2D eigenvalue weighted by molar-refractivity contribution is 6.33. The van der Waals surface area contributed by atoms with Crippen LogP contribution in [-0.4, -0.2) is 35.5 Å². The molecule has 33 heavy (non-hydrogen) atoms. The Morgan fingerprint density at radius 3 is 2.88 bits per heavy atom. The van der Waals surface area contributed by atoms with Gasteiger partial charge in [0, 0.05) is 41.8 Å². The van der Waals surface area contributed by atoms with Crippen molar-refractivity contribution in [1.29, 1.82) is 0 Å². The Hall–Kier alpha value is -2.87. The maximum absolute atomic E-state index is 14.4. The van der Waals surface area contributed by atoms with Crippen molar-refractivity contribution < 1.29 is 18.7 Å². The Kier molecular flexibility index (Phi) is 7.02. The van der Waals surface area contributed by atoms with Crippen molar-refractivity contribution in [2.75, 3.05) is 17.2 Å². The molecular formula is C24H28ClFN4O3. The summed E-state index contributed by atoms with van der Waals surface area (Å²) in [4.78, 5) is 28.9. The minimum atomic E-state index is -0.421. The zero-order valence-corrected chi connectivity index (χ0v) is 19.5. The predicted molar refractivity (Wildman–Crippen MR) is 126 cm³/mol. The zero-order chi connectivity index (χ0) is 23.5. The van der Waals surface area contributed by atoms with E-state index in [0.717, 1.165) is 19.3 Å². The van der Waals surface area contributed by atoms with Crippen LogP contribution in [0.5, 0.6) is 5.75 Å². The Bertz CT molecular complexity index is 1060. The van der Waals surface area contributed by atoms with Crippen LogP contribution in [-0.2, 0) is 9.59 Å². The molecule has 176 valence electrons. The maximum atomic E-state index is 14.4. The number of hydrogen-bond acceptors (Lipinski definition) is 5. The third-order valence-electron chi connectivity index (χ3n) is 6.06. The summed E-state index contributed by atoms with van der Waals surface area (Å²) >= 11 is 6.41. The van der Waals surface area contributed by atoms with Crippen LogP contribution < -0.4 is 20.7 Å². The Morgan fingerprint density at radius 1 is 1.27 bits per heavy atom. The molecule has 1 saturated carbocycles. The first-order valence-corrected chi connectivity index (χ1v) is 11.7. The molecule has 1 unspecified atom stereocenters. The fourth-order valence-corrected chi connectivity index (χ4v) is 4.61. The number of carbonyl (C=O) groups excluding carboxylic acids is 2. The lowest BCUT2D eigenvalue weighted by Gasteiger charge is -2.29. The second-order valence-corrected chi connectivity index (χ2v) is 9.11. The van der Waals surface area contributed by atoms with Gasteiger partial charge in [0.25, 0.3) is 0 Å². The lowest BCUT2D eigenvalue weighted by Crippen LogP contribution is -2.40. The fourth-order valence-electron chi connectivity index (χ4n) is 4.40. The van der Waals surface area contributed by atoms with Crippen LogP contribution in [0.3, 0.4) is 0 Å². The van der Waals surface area contributed by atoms with Crippen LogP contribution in [0.1, 0.15) is 46.0 Å². The molecule has 0 saturated heterocycles. The minimum absolute atomic E-state index is 0.00143. The van der Waals surface area contributed by atoms with Crippen LogP contribution in [0, 0.1) is 11.7 Å². The molecule has 3 atom stereocenters. The number of nitrogens with zero attached hydrogens (tertiary/aromatic N) is 1. The number of carbonyl (C=O) groups is 2. The molecular weight excluding hydrogens is 447 g/mol. The first kappa shape index (κ1) is 23.3. The number of nitrogens with one attached hydrogen (secondary N) is 3. The molecule has 1 aromatic heterocycles. The van der Waals surface area contributed by atoms with Crippen LogP contribution in [0.4, 0.5) is 15.9 Å². The number of pyridine rings is 1. The van der Waals surface area contributed by atoms with Crippen molar-refractivity contribution in [2.24, 2.45) is 5.92 Å². The van der Waals surface area contributed by atoms with E-state index in [4.69, 9.17) is 16.3 Å². The molecule has 0 spiro atoms. The first-order chi connectivity index (χ1) is 15.8. The molecule has 2 aromatic rings. The van der Waals surface area contributed by atoms with Gasteiger partial charge in [-0.1, -0.05) is 24.9 Å². The van der Waals surface area contributed by atoms with Crippen LogP contribution in [0.2, 0.25) is 5.02 Å². The molecule has 7 nitrogen and oxygen atoms in total. The third-order valence-corrected chi connectivity index (χ3v) is 6.36. The SMILES string of the molecule is CCC(=O)N[C@@H]1CCC[C@H](C(=O)Nc2cc(-c3cc(F)cc4c3OCC(C)N4)c(Cl)cn2)C1. The van der Waals surface area contributed by atoms with Gasteiger partial charge in [-0.15, -0.1) is 0 Å². The van der Waals surface area contributed by atoms with Crippen molar-refractivity contribution in [3.05, 3.63) is 35.2 Å². The second kappa shape index (κ2) is 9.95. The Balaban J connectivity index is 1.54. The zero-order valence-electron chi connectivity index (χ0n) is 18.7. The summed E-state index contributed by atoms with van der Waals surface area (Å²) in [7, 11) is 0. The van der Waals surface area contributed by atoms with Gasteiger partial charge in [-0.3, -0.25) is 9.59 Å². The van der Waals surface area contributed by atoms with Gasteiger partial charge in [-0.25, -0.2) is 9.37 Å². The quantitative estimate of drug-likeness (QED) is 0.581. The summed E-state index contributed by atoms with van der Waals surface area (Å²) in [6, 6.07) is 4.45. The van der Waals surface area contributed by atoms with Crippen molar-refractivity contribution in [3.8, 4) is 16.9 Å². The van der Waals surface area contributed by atoms with Gasteiger partial charge in [0.05, 0.1) is 16.8 Å². The Morgan fingerprint density at radius 2 is 2.09 bits per heavy atom. The van der Waals surface area contributed by atoms with Crippen LogP contribution in [0.15, 0.2) is 24.4 Å². The molecule has 1 aliphatic heterocycles. The lowest BCUT2D eigenvalue weighted by molar-refractivity contribution is -0.124. The van der Waals surface area contributed by atoms with E-state index in [0.29, 0.717) is 52.9 Å². The molecule has 1 aliphatic carbocycles. The van der Waals surface area contributed by atoms with E-state index in [9.17, 15) is 14.0 Å². The number of hydrogen-bond donors (Lipinski definition) is 3. The highest BCUT2D eigenvalue weighted by Gasteiger charge is 2.29. The molecule has 2 heterocycles. The number of ether oxygens (including phenoxy) is 1. The first-order valence-electron chi connectivity index (χ1n) is 11.3. The number of halogens is 2. The summed E-state index contributed by atoms with van der Waals surface area (Å²) in [5.41, 5.74) is 1.57. The summed E-state index contributed by atoms with van der Waals surface area (Å²) in [5.74, 6) is 0.0392. The van der Waals surface area contributed by atoms with Gasteiger partial charge >= 0.3 is 0 Å². The summed E-state index contributed by atoms with van der Waals surface area (Å²) in [6.07, 6.45) is 4.94. The monoisotopic (exact) mass is 474 g/mol. The standard InChI is InChI=1S/C24H28ClFN4O3/c1-3-22(31)29-16-6-4-5-14(7-16)24(32)30-21-10-17(19(25)11-27-21)18-8-15(26)9-20-23(18)33-12-13(2)28-20/h8-11,13-14,16,28H,3-7,12H2,1-2H3,(H,29,31)(H,27,30,32)/t13?,14-,16+/m0/s1. The molecule has 1 aromatic carbocycles. The molecule has 9 heteroatoms. The number of anilines is 2. The smallest absolute Gasteiger partial charge is 0.228 e. The number of rotatable bonds is 5. The van der Waals surface area contributed by atoms with Gasteiger partial charge in [0.2, 0.25) is 11.8 Å². The molecule has 0 bridgehead atoms. The van der Waals surface area contributed by atoms with Gasteiger partial charge < -0.3 is 20.7 Å². The molecule has 2 aliphatic rings. The number of amides is 2. The van der Waals surface area contributed by atoms with Crippen molar-refractivity contribution in [3.63, 3.8) is 0 Å². The summed E-state index contributed by atoms with van der Waals surface area (Å²) in [6.45, 7) is 4.20. The van der Waals surface area contributed by atoms with Crippen molar-refractivity contribution in [1.82, 2.24) is 10.3 Å². The third kappa shape index (κ3) is 5.38. The van der Waals surface area contributed by atoms with Gasteiger partial charge in [-0.05, 0) is 38.3 Å². The molecule has 3 N–H and O–H groups in total. The molecule has 2 amide bonds. The van der Waals surface area contributed by atoms with E-state index in [-0.39, 0.29) is 29.8 Å². The highest BCUT2D eigenvalue weighted by Crippen LogP contribution is 2.43.